The minimum absolute atomic E-state index is 0.229. The summed E-state index contributed by atoms with van der Waals surface area (Å²) in [7, 11) is -6.87. The van der Waals surface area contributed by atoms with Gasteiger partial charge in [0.05, 0.1) is 20.3 Å². The summed E-state index contributed by atoms with van der Waals surface area (Å²) in [5.74, 6) is 0. The third kappa shape index (κ3) is 3.81. The van der Waals surface area contributed by atoms with Crippen molar-refractivity contribution in [3.8, 4) is 11.1 Å². The molecule has 2 atom stereocenters. The molecule has 0 bridgehead atoms. The van der Waals surface area contributed by atoms with Crippen molar-refractivity contribution in [1.29, 1.82) is 0 Å². The Kier molecular flexibility index (Phi) is 5.88. The smallest absolute Gasteiger partial charge is 0.184 e. The molecule has 0 saturated carbocycles. The van der Waals surface area contributed by atoms with Crippen molar-refractivity contribution in [2.45, 2.75) is 34.1 Å². The predicted octanol–water partition coefficient (Wildman–Crippen LogP) is 4.05. The molecule has 26 heavy (non-hydrogen) atoms. The highest BCUT2D eigenvalue weighted by molar-refractivity contribution is 7.92. The summed E-state index contributed by atoms with van der Waals surface area (Å²) in [4.78, 5) is 0.459. The first kappa shape index (κ1) is 20.1. The Labute approximate surface area is 155 Å². The van der Waals surface area contributed by atoms with Gasteiger partial charge in [0.1, 0.15) is 0 Å². The van der Waals surface area contributed by atoms with Gasteiger partial charge in [-0.2, -0.15) is 0 Å². The quantitative estimate of drug-likeness (QED) is 0.669. The SMILES string of the molecule is C=CC(C)S(=O)(=O)c1ccc(-c2ccc(S(=O)(=O)C(C)C=C)cc2)cc1. The first-order valence-corrected chi connectivity index (χ1v) is 11.2. The maximum atomic E-state index is 12.3. The van der Waals surface area contributed by atoms with E-state index in [-0.39, 0.29) is 9.79 Å². The fourth-order valence-corrected chi connectivity index (χ4v) is 4.75. The average Bonchev–Trinajstić information content (AvgIpc) is 2.66. The van der Waals surface area contributed by atoms with Crippen LogP contribution >= 0.6 is 0 Å². The molecule has 0 aliphatic heterocycles. The molecule has 0 aliphatic carbocycles. The molecule has 6 heteroatoms. The molecule has 0 heterocycles. The lowest BCUT2D eigenvalue weighted by Gasteiger charge is -2.11. The summed E-state index contributed by atoms with van der Waals surface area (Å²) in [6.45, 7) is 10.2. The minimum atomic E-state index is -3.43. The fourth-order valence-electron chi connectivity index (χ4n) is 2.36. The Morgan fingerprint density at radius 2 is 0.923 bits per heavy atom. The summed E-state index contributed by atoms with van der Waals surface area (Å²) in [6, 6.07) is 13.0. The number of rotatable bonds is 7. The number of sulfone groups is 2. The van der Waals surface area contributed by atoms with Crippen LogP contribution in [0.3, 0.4) is 0 Å². The molecule has 0 spiro atoms. The highest BCUT2D eigenvalue weighted by Crippen LogP contribution is 2.25. The molecular formula is C20H22O4S2. The zero-order valence-corrected chi connectivity index (χ0v) is 16.4. The highest BCUT2D eigenvalue weighted by Gasteiger charge is 2.21. The number of benzene rings is 2. The molecule has 2 aromatic carbocycles. The van der Waals surface area contributed by atoms with Crippen molar-refractivity contribution >= 4 is 19.7 Å². The summed E-state index contributed by atoms with van der Waals surface area (Å²) in [5.41, 5.74) is 1.60. The maximum Gasteiger partial charge on any atom is 0.184 e. The monoisotopic (exact) mass is 390 g/mol. The molecule has 2 aromatic rings. The van der Waals surface area contributed by atoms with Gasteiger partial charge in [-0.25, -0.2) is 16.8 Å². The number of hydrogen-bond donors (Lipinski definition) is 0. The molecule has 0 aliphatic rings. The van der Waals surface area contributed by atoms with E-state index in [0.29, 0.717) is 0 Å². The molecule has 2 unspecified atom stereocenters. The third-order valence-electron chi connectivity index (χ3n) is 4.34. The van der Waals surface area contributed by atoms with E-state index in [1.165, 1.54) is 12.2 Å². The van der Waals surface area contributed by atoms with E-state index < -0.39 is 30.2 Å². The number of hydrogen-bond acceptors (Lipinski definition) is 4. The van der Waals surface area contributed by atoms with Crippen LogP contribution in [0.2, 0.25) is 0 Å². The second kappa shape index (κ2) is 7.60. The van der Waals surface area contributed by atoms with Crippen molar-refractivity contribution in [2.75, 3.05) is 0 Å². The summed E-state index contributed by atoms with van der Waals surface area (Å²) >= 11 is 0. The Morgan fingerprint density at radius 1 is 0.654 bits per heavy atom. The molecule has 0 saturated heterocycles. The Hall–Kier alpha value is -2.18. The fraction of sp³-hybridized carbons (Fsp3) is 0.200. The largest absolute Gasteiger partial charge is 0.223 e. The third-order valence-corrected chi connectivity index (χ3v) is 8.54. The van der Waals surface area contributed by atoms with Gasteiger partial charge in [0.2, 0.25) is 0 Å². The van der Waals surface area contributed by atoms with Gasteiger partial charge in [-0.05, 0) is 49.2 Å². The van der Waals surface area contributed by atoms with E-state index in [9.17, 15) is 16.8 Å². The van der Waals surface area contributed by atoms with Gasteiger partial charge in [0.25, 0.3) is 0 Å². The van der Waals surface area contributed by atoms with Crippen LogP contribution in [0.15, 0.2) is 83.6 Å². The summed E-state index contributed by atoms with van der Waals surface area (Å²) < 4.78 is 49.2. The van der Waals surface area contributed by atoms with Crippen LogP contribution in [-0.4, -0.2) is 27.3 Å². The van der Waals surface area contributed by atoms with Gasteiger partial charge in [0, 0.05) is 0 Å². The molecular weight excluding hydrogens is 368 g/mol. The molecule has 138 valence electrons. The van der Waals surface area contributed by atoms with Crippen LogP contribution in [-0.2, 0) is 19.7 Å². The second-order valence-corrected chi connectivity index (χ2v) is 10.6. The Bertz CT molecular complexity index is 915. The van der Waals surface area contributed by atoms with Gasteiger partial charge >= 0.3 is 0 Å². The van der Waals surface area contributed by atoms with E-state index in [2.05, 4.69) is 13.2 Å². The van der Waals surface area contributed by atoms with Gasteiger partial charge in [-0.15, -0.1) is 13.2 Å². The molecule has 0 N–H and O–H groups in total. The van der Waals surface area contributed by atoms with Crippen LogP contribution in [0, 0.1) is 0 Å². The van der Waals surface area contributed by atoms with Crippen molar-refractivity contribution in [3.05, 3.63) is 73.8 Å². The maximum absolute atomic E-state index is 12.3. The van der Waals surface area contributed by atoms with Gasteiger partial charge in [-0.3, -0.25) is 0 Å². The van der Waals surface area contributed by atoms with Crippen LogP contribution in [0.4, 0.5) is 0 Å². The van der Waals surface area contributed by atoms with Crippen molar-refractivity contribution in [1.82, 2.24) is 0 Å². The lowest BCUT2D eigenvalue weighted by Crippen LogP contribution is -2.15. The van der Waals surface area contributed by atoms with E-state index in [0.717, 1.165) is 11.1 Å². The van der Waals surface area contributed by atoms with Crippen LogP contribution < -0.4 is 0 Å². The van der Waals surface area contributed by atoms with Crippen LogP contribution in [0.25, 0.3) is 11.1 Å². The Morgan fingerprint density at radius 3 is 1.15 bits per heavy atom. The standard InChI is InChI=1S/C20H22O4S2/c1-5-15(3)25(21,22)19-11-7-17(8-12-19)18-9-13-20(14-10-18)26(23,24)16(4)6-2/h5-16H,1-2H2,3-4H3. The second-order valence-electron chi connectivity index (χ2n) is 6.02. The van der Waals surface area contributed by atoms with Crippen molar-refractivity contribution in [3.63, 3.8) is 0 Å². The molecule has 0 amide bonds. The van der Waals surface area contributed by atoms with Gasteiger partial charge in [0.15, 0.2) is 19.7 Å². The van der Waals surface area contributed by atoms with E-state index in [1.54, 1.807) is 62.4 Å². The topological polar surface area (TPSA) is 68.3 Å². The highest BCUT2D eigenvalue weighted by atomic mass is 32.2. The van der Waals surface area contributed by atoms with Gasteiger partial charge < -0.3 is 0 Å². The average molecular weight is 391 g/mol. The first-order chi connectivity index (χ1) is 12.1. The minimum Gasteiger partial charge on any atom is -0.223 e. The lowest BCUT2D eigenvalue weighted by molar-refractivity contribution is 0.589. The van der Waals surface area contributed by atoms with E-state index in [1.807, 2.05) is 0 Å². The summed E-state index contributed by atoms with van der Waals surface area (Å²) in [5, 5.41) is -1.32. The molecule has 2 rings (SSSR count). The van der Waals surface area contributed by atoms with E-state index >= 15 is 0 Å². The predicted molar refractivity (Wildman–Crippen MR) is 106 cm³/mol. The summed E-state index contributed by atoms with van der Waals surface area (Å²) in [6.07, 6.45) is 2.79. The zero-order valence-electron chi connectivity index (χ0n) is 14.8. The van der Waals surface area contributed by atoms with Crippen LogP contribution in [0.1, 0.15) is 13.8 Å². The van der Waals surface area contributed by atoms with Gasteiger partial charge in [-0.1, -0.05) is 36.4 Å². The molecule has 0 fully saturated rings. The zero-order chi connectivity index (χ0) is 19.5. The molecule has 0 aromatic heterocycles. The Balaban J connectivity index is 2.34. The van der Waals surface area contributed by atoms with Crippen molar-refractivity contribution in [2.24, 2.45) is 0 Å². The lowest BCUT2D eigenvalue weighted by atomic mass is 10.1. The molecule has 0 radical (unpaired) electrons. The van der Waals surface area contributed by atoms with Crippen LogP contribution in [0.5, 0.6) is 0 Å². The van der Waals surface area contributed by atoms with Crippen molar-refractivity contribution < 1.29 is 16.8 Å². The molecule has 4 nitrogen and oxygen atoms in total. The first-order valence-electron chi connectivity index (χ1n) is 8.08. The van der Waals surface area contributed by atoms with E-state index in [4.69, 9.17) is 0 Å². The normalized spacial score (nSPS) is 14.4.